The number of rotatable bonds is 6. The number of carbonyl (C=O) groups excluding carboxylic acids is 1. The fourth-order valence-corrected chi connectivity index (χ4v) is 3.24. The highest BCUT2D eigenvalue weighted by Crippen LogP contribution is 2.27. The second-order valence-corrected chi connectivity index (χ2v) is 7.01. The van der Waals surface area contributed by atoms with Gasteiger partial charge in [0.2, 0.25) is 5.82 Å². The summed E-state index contributed by atoms with van der Waals surface area (Å²) in [6, 6.07) is 27.9. The van der Waals surface area contributed by atoms with Gasteiger partial charge in [-0.15, -0.1) is 0 Å². The summed E-state index contributed by atoms with van der Waals surface area (Å²) >= 11 is 0. The fraction of sp³-hybridized carbons (Fsp3) is 0.0400. The first kappa shape index (κ1) is 19.4. The number of hydrogen-bond acceptors (Lipinski definition) is 6. The van der Waals surface area contributed by atoms with Crippen molar-refractivity contribution >= 4 is 22.5 Å². The average molecular weight is 422 g/mol. The lowest BCUT2D eigenvalue weighted by Crippen LogP contribution is -2.14. The van der Waals surface area contributed by atoms with E-state index in [0.717, 1.165) is 16.7 Å². The monoisotopic (exact) mass is 422 g/mol. The molecule has 0 aliphatic carbocycles. The van der Waals surface area contributed by atoms with Crippen LogP contribution in [-0.2, 0) is 6.61 Å². The molecule has 0 bridgehead atoms. The van der Waals surface area contributed by atoms with Crippen LogP contribution in [0.3, 0.4) is 0 Å². The van der Waals surface area contributed by atoms with Crippen LogP contribution in [0, 0.1) is 0 Å². The lowest BCUT2D eigenvalue weighted by molar-refractivity contribution is 0.102. The van der Waals surface area contributed by atoms with Gasteiger partial charge in [0.25, 0.3) is 11.8 Å². The zero-order valence-electron chi connectivity index (χ0n) is 16.9. The van der Waals surface area contributed by atoms with Gasteiger partial charge in [-0.25, -0.2) is 4.98 Å². The number of nitrogens with one attached hydrogen (secondary N) is 1. The summed E-state index contributed by atoms with van der Waals surface area (Å²) in [6.07, 6.45) is 0. The molecule has 0 fully saturated rings. The standard InChI is InChI=1S/C25H18N4O3/c30-24(22-15-14-17-8-4-6-12-20(17)26-22)27-21-13-7-5-11-19(21)25-28-23(29-32-25)16-31-18-9-2-1-3-10-18/h1-15H,16H2,(H,27,30). The molecule has 0 unspecified atom stereocenters. The Morgan fingerprint density at radius 2 is 1.62 bits per heavy atom. The van der Waals surface area contributed by atoms with Crippen molar-refractivity contribution in [2.24, 2.45) is 0 Å². The van der Waals surface area contributed by atoms with Crippen LogP contribution in [0.15, 0.2) is 95.5 Å². The molecule has 0 aliphatic rings. The van der Waals surface area contributed by atoms with Crippen molar-refractivity contribution in [3.63, 3.8) is 0 Å². The maximum Gasteiger partial charge on any atom is 0.274 e. The van der Waals surface area contributed by atoms with Crippen LogP contribution in [0.1, 0.15) is 16.3 Å². The summed E-state index contributed by atoms with van der Waals surface area (Å²) in [5, 5.41) is 7.85. The highest BCUT2D eigenvalue weighted by molar-refractivity contribution is 6.05. The largest absolute Gasteiger partial charge is 0.485 e. The van der Waals surface area contributed by atoms with Crippen LogP contribution in [0.4, 0.5) is 5.69 Å². The van der Waals surface area contributed by atoms with Gasteiger partial charge in [0, 0.05) is 5.39 Å². The number of amides is 1. The molecule has 2 heterocycles. The van der Waals surface area contributed by atoms with Crippen LogP contribution in [0.25, 0.3) is 22.4 Å². The molecule has 1 N–H and O–H groups in total. The molecule has 0 saturated carbocycles. The normalized spacial score (nSPS) is 10.8. The minimum Gasteiger partial charge on any atom is -0.485 e. The first-order valence-corrected chi connectivity index (χ1v) is 10.0. The minimum atomic E-state index is -0.324. The Labute approximate surface area is 183 Å². The minimum absolute atomic E-state index is 0.170. The van der Waals surface area contributed by atoms with E-state index in [1.165, 1.54) is 0 Å². The maximum absolute atomic E-state index is 12.8. The first-order chi connectivity index (χ1) is 15.8. The molecule has 0 spiro atoms. The van der Waals surface area contributed by atoms with Gasteiger partial charge < -0.3 is 14.6 Å². The Kier molecular flexibility index (Phi) is 5.28. The molecule has 32 heavy (non-hydrogen) atoms. The number of benzene rings is 3. The molecular weight excluding hydrogens is 404 g/mol. The third-order valence-electron chi connectivity index (χ3n) is 4.82. The van der Waals surface area contributed by atoms with Crippen molar-refractivity contribution in [2.75, 3.05) is 5.32 Å². The molecule has 1 amide bonds. The molecule has 5 rings (SSSR count). The molecule has 156 valence electrons. The number of carbonyl (C=O) groups is 1. The van der Waals surface area contributed by atoms with E-state index < -0.39 is 0 Å². The number of hydrogen-bond donors (Lipinski definition) is 1. The van der Waals surface area contributed by atoms with Crippen LogP contribution in [0.2, 0.25) is 0 Å². The molecule has 7 nitrogen and oxygen atoms in total. The summed E-state index contributed by atoms with van der Waals surface area (Å²) in [6.45, 7) is 0.170. The van der Waals surface area contributed by atoms with E-state index in [9.17, 15) is 4.79 Å². The van der Waals surface area contributed by atoms with Crippen molar-refractivity contribution < 1.29 is 14.1 Å². The highest BCUT2D eigenvalue weighted by atomic mass is 16.5. The Balaban J connectivity index is 1.34. The number of anilines is 1. The first-order valence-electron chi connectivity index (χ1n) is 10.0. The predicted molar refractivity (Wildman–Crippen MR) is 120 cm³/mol. The van der Waals surface area contributed by atoms with E-state index in [-0.39, 0.29) is 12.5 Å². The molecular formula is C25H18N4O3. The second kappa shape index (κ2) is 8.69. The number of fused-ring (bicyclic) bond motifs is 1. The average Bonchev–Trinajstić information content (AvgIpc) is 3.32. The third-order valence-corrected chi connectivity index (χ3v) is 4.82. The summed E-state index contributed by atoms with van der Waals surface area (Å²) < 4.78 is 11.1. The summed E-state index contributed by atoms with van der Waals surface area (Å²) in [7, 11) is 0. The van der Waals surface area contributed by atoms with Crippen molar-refractivity contribution in [1.29, 1.82) is 0 Å². The van der Waals surface area contributed by atoms with E-state index in [2.05, 4.69) is 20.4 Å². The van der Waals surface area contributed by atoms with Crippen molar-refractivity contribution in [3.8, 4) is 17.2 Å². The molecule has 0 radical (unpaired) electrons. The van der Waals surface area contributed by atoms with E-state index >= 15 is 0 Å². The molecule has 5 aromatic rings. The number of nitrogens with zero attached hydrogens (tertiary/aromatic N) is 3. The zero-order chi connectivity index (χ0) is 21.8. The van der Waals surface area contributed by atoms with Crippen molar-refractivity contribution in [2.45, 2.75) is 6.61 Å². The number of ether oxygens (including phenoxy) is 1. The van der Waals surface area contributed by atoms with Gasteiger partial charge >= 0.3 is 0 Å². The molecule has 0 saturated heterocycles. The predicted octanol–water partition coefficient (Wildman–Crippen LogP) is 5.12. The Hall–Kier alpha value is -4.52. The van der Waals surface area contributed by atoms with Crippen LogP contribution < -0.4 is 10.1 Å². The Bertz CT molecular complexity index is 1380. The third kappa shape index (κ3) is 4.17. The van der Waals surface area contributed by atoms with Crippen molar-refractivity contribution in [1.82, 2.24) is 15.1 Å². The van der Waals surface area contributed by atoms with Gasteiger partial charge in [-0.05, 0) is 36.4 Å². The molecule has 2 aromatic heterocycles. The Morgan fingerprint density at radius 3 is 2.53 bits per heavy atom. The number of para-hydroxylation sites is 3. The molecule has 3 aromatic carbocycles. The molecule has 0 aliphatic heterocycles. The fourth-order valence-electron chi connectivity index (χ4n) is 3.24. The lowest BCUT2D eigenvalue weighted by Gasteiger charge is -2.08. The quantitative estimate of drug-likeness (QED) is 0.409. The zero-order valence-corrected chi connectivity index (χ0v) is 16.9. The van der Waals surface area contributed by atoms with E-state index in [1.807, 2.05) is 72.8 Å². The Morgan fingerprint density at radius 1 is 0.844 bits per heavy atom. The smallest absolute Gasteiger partial charge is 0.274 e. The summed E-state index contributed by atoms with van der Waals surface area (Å²) in [4.78, 5) is 21.7. The maximum atomic E-state index is 12.8. The summed E-state index contributed by atoms with van der Waals surface area (Å²) in [5.74, 6) is 1.09. The number of pyridine rings is 1. The van der Waals surface area contributed by atoms with Gasteiger partial charge in [-0.3, -0.25) is 4.79 Å². The SMILES string of the molecule is O=C(Nc1ccccc1-c1nc(COc2ccccc2)no1)c1ccc2ccccc2n1. The van der Waals surface area contributed by atoms with Gasteiger partial charge in [-0.1, -0.05) is 59.8 Å². The summed E-state index contributed by atoms with van der Waals surface area (Å²) in [5.41, 5.74) is 2.24. The molecule has 7 heteroatoms. The van der Waals surface area contributed by atoms with Gasteiger partial charge in [-0.2, -0.15) is 4.98 Å². The molecule has 0 atom stereocenters. The number of aromatic nitrogens is 3. The lowest BCUT2D eigenvalue weighted by atomic mass is 10.1. The van der Waals surface area contributed by atoms with E-state index in [0.29, 0.717) is 28.7 Å². The van der Waals surface area contributed by atoms with Crippen molar-refractivity contribution in [3.05, 3.63) is 103 Å². The van der Waals surface area contributed by atoms with Gasteiger partial charge in [0.15, 0.2) is 6.61 Å². The van der Waals surface area contributed by atoms with Gasteiger partial charge in [0.05, 0.1) is 16.8 Å². The van der Waals surface area contributed by atoms with Crippen LogP contribution in [-0.4, -0.2) is 21.0 Å². The second-order valence-electron chi connectivity index (χ2n) is 7.01. The van der Waals surface area contributed by atoms with E-state index in [1.54, 1.807) is 18.2 Å². The van der Waals surface area contributed by atoms with Crippen LogP contribution >= 0.6 is 0 Å². The van der Waals surface area contributed by atoms with Crippen LogP contribution in [0.5, 0.6) is 5.75 Å². The van der Waals surface area contributed by atoms with Gasteiger partial charge in [0.1, 0.15) is 11.4 Å². The topological polar surface area (TPSA) is 90.1 Å². The van der Waals surface area contributed by atoms with E-state index in [4.69, 9.17) is 9.26 Å². The highest BCUT2D eigenvalue weighted by Gasteiger charge is 2.16.